The summed E-state index contributed by atoms with van der Waals surface area (Å²) in [7, 11) is 3.13. The van der Waals surface area contributed by atoms with E-state index in [0.717, 1.165) is 25.7 Å². The lowest BCUT2D eigenvalue weighted by Crippen LogP contribution is -2.48. The second kappa shape index (κ2) is 14.2. The van der Waals surface area contributed by atoms with Gasteiger partial charge in [0, 0.05) is 38.7 Å². The van der Waals surface area contributed by atoms with E-state index < -0.39 is 6.04 Å². The fourth-order valence-corrected chi connectivity index (χ4v) is 4.38. The number of carbonyl (C=O) groups excluding carboxylic acids is 3. The lowest BCUT2D eigenvalue weighted by Gasteiger charge is -2.33. The van der Waals surface area contributed by atoms with Gasteiger partial charge in [-0.15, -0.1) is 0 Å². The first-order valence-corrected chi connectivity index (χ1v) is 12.5. The third-order valence-electron chi connectivity index (χ3n) is 6.30. The number of methoxy groups -OCH3 is 2. The molecule has 0 saturated heterocycles. The molecule has 1 aliphatic carbocycles. The van der Waals surface area contributed by atoms with Crippen molar-refractivity contribution in [2.45, 2.75) is 57.0 Å². The number of benzene rings is 1. The van der Waals surface area contributed by atoms with Gasteiger partial charge < -0.3 is 25.0 Å². The van der Waals surface area contributed by atoms with Crippen LogP contribution in [0, 0.1) is 0 Å². The highest BCUT2D eigenvalue weighted by atomic mass is 16.5. The average Bonchev–Trinajstić information content (AvgIpc) is 2.91. The van der Waals surface area contributed by atoms with Crippen LogP contribution in [-0.4, -0.2) is 61.0 Å². The van der Waals surface area contributed by atoms with Crippen LogP contribution in [0.15, 0.2) is 48.7 Å². The Balaban J connectivity index is 1.77. The summed E-state index contributed by atoms with van der Waals surface area (Å²) in [6, 6.07) is 11.6. The van der Waals surface area contributed by atoms with E-state index in [0.29, 0.717) is 17.1 Å². The fraction of sp³-hybridized carbons (Fsp3) is 0.481. The molecule has 0 radical (unpaired) electrons. The maximum absolute atomic E-state index is 13.6. The third-order valence-corrected chi connectivity index (χ3v) is 6.30. The van der Waals surface area contributed by atoms with Gasteiger partial charge in [0.2, 0.25) is 17.7 Å². The minimum absolute atomic E-state index is 0.0293. The number of pyridine rings is 1. The molecular weight excluding hydrogens is 460 g/mol. The molecule has 1 aliphatic rings. The summed E-state index contributed by atoms with van der Waals surface area (Å²) in [5.74, 6) is 0.235. The molecular formula is C27H36N4O5. The van der Waals surface area contributed by atoms with Crippen molar-refractivity contribution in [1.82, 2.24) is 15.2 Å². The number of carbonyl (C=O) groups is 3. The van der Waals surface area contributed by atoms with Gasteiger partial charge >= 0.3 is 0 Å². The van der Waals surface area contributed by atoms with E-state index in [2.05, 4.69) is 15.6 Å². The Kier molecular flexibility index (Phi) is 10.7. The van der Waals surface area contributed by atoms with E-state index in [9.17, 15) is 14.4 Å². The molecule has 1 atom stereocenters. The number of hydrogen-bond acceptors (Lipinski definition) is 6. The average molecular weight is 497 g/mol. The molecule has 0 aliphatic heterocycles. The van der Waals surface area contributed by atoms with E-state index >= 15 is 0 Å². The molecule has 2 N–H and O–H groups in total. The van der Waals surface area contributed by atoms with Gasteiger partial charge in [0.15, 0.2) is 0 Å². The molecule has 1 aromatic carbocycles. The lowest BCUT2D eigenvalue weighted by atomic mass is 9.94. The Labute approximate surface area is 212 Å². The standard InChI is InChI=1S/C27H36N4O5/c1-35-19-18-31(25(33)16-15-24(32)30-23-10-6-7-17-28-23)26(20-11-13-22(36-2)14-12-20)27(34)29-21-8-4-3-5-9-21/h6-7,10-14,17,21,26H,3-5,8-9,15-16,18-19H2,1-2H3,(H,29,34)(H,28,30,32)/t26-/m1/s1. The minimum atomic E-state index is -0.848. The molecule has 36 heavy (non-hydrogen) atoms. The monoisotopic (exact) mass is 496 g/mol. The Hall–Kier alpha value is -3.46. The second-order valence-electron chi connectivity index (χ2n) is 8.86. The van der Waals surface area contributed by atoms with Gasteiger partial charge in [-0.25, -0.2) is 4.98 Å². The van der Waals surface area contributed by atoms with Crippen LogP contribution in [-0.2, 0) is 19.1 Å². The summed E-state index contributed by atoms with van der Waals surface area (Å²) in [6.07, 6.45) is 6.70. The zero-order chi connectivity index (χ0) is 25.8. The van der Waals surface area contributed by atoms with E-state index in [-0.39, 0.29) is 49.8 Å². The molecule has 9 nitrogen and oxygen atoms in total. The molecule has 2 aromatic rings. The van der Waals surface area contributed by atoms with E-state index in [4.69, 9.17) is 9.47 Å². The maximum atomic E-state index is 13.6. The second-order valence-corrected chi connectivity index (χ2v) is 8.86. The third kappa shape index (κ3) is 8.05. The van der Waals surface area contributed by atoms with Crippen molar-refractivity contribution in [2.24, 2.45) is 0 Å². The quantitative estimate of drug-likeness (QED) is 0.466. The molecule has 1 fully saturated rings. The molecule has 0 unspecified atom stereocenters. The first-order chi connectivity index (χ1) is 17.5. The number of hydrogen-bond donors (Lipinski definition) is 2. The van der Waals surface area contributed by atoms with Gasteiger partial charge in [0.05, 0.1) is 13.7 Å². The van der Waals surface area contributed by atoms with Crippen molar-refractivity contribution in [3.8, 4) is 5.75 Å². The molecule has 3 rings (SSSR count). The zero-order valence-corrected chi connectivity index (χ0v) is 21.1. The van der Waals surface area contributed by atoms with Gasteiger partial charge in [-0.3, -0.25) is 14.4 Å². The van der Waals surface area contributed by atoms with Crippen LogP contribution in [0.3, 0.4) is 0 Å². The minimum Gasteiger partial charge on any atom is -0.497 e. The van der Waals surface area contributed by atoms with Crippen LogP contribution in [0.4, 0.5) is 5.82 Å². The Morgan fingerprint density at radius 1 is 1.03 bits per heavy atom. The largest absolute Gasteiger partial charge is 0.497 e. The van der Waals surface area contributed by atoms with Crippen LogP contribution in [0.25, 0.3) is 0 Å². The van der Waals surface area contributed by atoms with Crippen molar-refractivity contribution >= 4 is 23.5 Å². The molecule has 1 saturated carbocycles. The number of rotatable bonds is 12. The van der Waals surface area contributed by atoms with Crippen LogP contribution in [0.1, 0.15) is 56.6 Å². The molecule has 0 bridgehead atoms. The molecule has 1 heterocycles. The van der Waals surface area contributed by atoms with Gasteiger partial charge in [-0.2, -0.15) is 0 Å². The van der Waals surface area contributed by atoms with Crippen molar-refractivity contribution < 1.29 is 23.9 Å². The first-order valence-electron chi connectivity index (χ1n) is 12.5. The summed E-state index contributed by atoms with van der Waals surface area (Å²) < 4.78 is 10.5. The van der Waals surface area contributed by atoms with Gasteiger partial charge in [-0.05, 0) is 42.7 Å². The topological polar surface area (TPSA) is 110 Å². The van der Waals surface area contributed by atoms with Crippen molar-refractivity contribution in [2.75, 3.05) is 32.7 Å². The summed E-state index contributed by atoms with van der Waals surface area (Å²) >= 11 is 0. The van der Waals surface area contributed by atoms with E-state index in [1.54, 1.807) is 62.9 Å². The summed E-state index contributed by atoms with van der Waals surface area (Å²) in [5, 5.41) is 5.85. The number of ether oxygens (including phenoxy) is 2. The molecule has 194 valence electrons. The van der Waals surface area contributed by atoms with Crippen LogP contribution < -0.4 is 15.4 Å². The number of nitrogens with one attached hydrogen (secondary N) is 2. The molecule has 0 spiro atoms. The lowest BCUT2D eigenvalue weighted by molar-refractivity contribution is -0.142. The summed E-state index contributed by atoms with van der Waals surface area (Å²) in [4.78, 5) is 45.0. The predicted octanol–water partition coefficient (Wildman–Crippen LogP) is 3.47. The zero-order valence-electron chi connectivity index (χ0n) is 21.1. The number of anilines is 1. The van der Waals surface area contributed by atoms with E-state index in [1.165, 1.54) is 11.3 Å². The van der Waals surface area contributed by atoms with Crippen LogP contribution >= 0.6 is 0 Å². The van der Waals surface area contributed by atoms with Crippen molar-refractivity contribution in [1.29, 1.82) is 0 Å². The number of nitrogens with zero attached hydrogens (tertiary/aromatic N) is 2. The van der Waals surface area contributed by atoms with Gasteiger partial charge in [0.25, 0.3) is 0 Å². The highest BCUT2D eigenvalue weighted by Gasteiger charge is 2.32. The van der Waals surface area contributed by atoms with E-state index in [1.807, 2.05) is 0 Å². The van der Waals surface area contributed by atoms with Crippen molar-refractivity contribution in [3.63, 3.8) is 0 Å². The molecule has 1 aromatic heterocycles. The predicted molar refractivity (Wildman–Crippen MR) is 136 cm³/mol. The van der Waals surface area contributed by atoms with Crippen LogP contribution in [0.2, 0.25) is 0 Å². The summed E-state index contributed by atoms with van der Waals surface area (Å²) in [6.45, 7) is 0.473. The number of amides is 3. The molecule has 9 heteroatoms. The normalized spacial score (nSPS) is 14.5. The smallest absolute Gasteiger partial charge is 0.247 e. The Morgan fingerprint density at radius 2 is 1.78 bits per heavy atom. The highest BCUT2D eigenvalue weighted by Crippen LogP contribution is 2.26. The number of aromatic nitrogens is 1. The highest BCUT2D eigenvalue weighted by molar-refractivity contribution is 5.94. The Morgan fingerprint density at radius 3 is 2.42 bits per heavy atom. The fourth-order valence-electron chi connectivity index (χ4n) is 4.38. The van der Waals surface area contributed by atoms with Gasteiger partial charge in [-0.1, -0.05) is 37.5 Å². The van der Waals surface area contributed by atoms with Crippen LogP contribution in [0.5, 0.6) is 5.75 Å². The molecule has 3 amide bonds. The van der Waals surface area contributed by atoms with Gasteiger partial charge in [0.1, 0.15) is 17.6 Å². The SMILES string of the molecule is COCCN(C(=O)CCC(=O)Nc1ccccn1)[C@@H](C(=O)NC1CCCCC1)c1ccc(OC)cc1. The Bertz CT molecular complexity index is 977. The first kappa shape index (κ1) is 27.1. The maximum Gasteiger partial charge on any atom is 0.247 e. The van der Waals surface area contributed by atoms with Crippen molar-refractivity contribution in [3.05, 3.63) is 54.2 Å². The summed E-state index contributed by atoms with van der Waals surface area (Å²) in [5.41, 5.74) is 0.673.